The lowest BCUT2D eigenvalue weighted by Crippen LogP contribution is -2.51. The number of aromatic nitrogens is 1. The van der Waals surface area contributed by atoms with Crippen molar-refractivity contribution in [3.05, 3.63) is 52.7 Å². The average molecular weight is 453 g/mol. The van der Waals surface area contributed by atoms with Crippen LogP contribution in [0.1, 0.15) is 43.2 Å². The van der Waals surface area contributed by atoms with Crippen molar-refractivity contribution in [2.24, 2.45) is 0 Å². The zero-order valence-electron chi connectivity index (χ0n) is 18.5. The Morgan fingerprint density at radius 1 is 1.19 bits per heavy atom. The second-order valence-electron chi connectivity index (χ2n) is 8.75. The molecular formula is C24H30N5S2+. The van der Waals surface area contributed by atoms with Crippen molar-refractivity contribution in [2.45, 2.75) is 44.1 Å². The van der Waals surface area contributed by atoms with Crippen molar-refractivity contribution in [2.75, 3.05) is 36.4 Å². The van der Waals surface area contributed by atoms with Crippen LogP contribution < -0.4 is 15.2 Å². The van der Waals surface area contributed by atoms with Gasteiger partial charge in [-0.25, -0.2) is 4.98 Å². The van der Waals surface area contributed by atoms with E-state index in [0.717, 1.165) is 67.0 Å². The molecule has 31 heavy (non-hydrogen) atoms. The molecule has 2 N–H and O–H groups in total. The molecule has 0 saturated carbocycles. The van der Waals surface area contributed by atoms with Gasteiger partial charge in [-0.3, -0.25) is 4.90 Å². The molecule has 0 atom stereocenters. The van der Waals surface area contributed by atoms with Crippen LogP contribution in [0.2, 0.25) is 0 Å². The maximum absolute atomic E-state index is 10.1. The van der Waals surface area contributed by atoms with Gasteiger partial charge in [0, 0.05) is 28.2 Å². The molecule has 7 heteroatoms. The molecule has 5 nitrogen and oxygen atoms in total. The van der Waals surface area contributed by atoms with Gasteiger partial charge in [-0.05, 0) is 36.3 Å². The topological polar surface area (TPSA) is 56.4 Å². The number of pyridine rings is 1. The second kappa shape index (κ2) is 9.05. The summed E-state index contributed by atoms with van der Waals surface area (Å²) < 4.78 is 0.163. The molecule has 4 rings (SSSR count). The number of H-pyrrole nitrogens is 1. The van der Waals surface area contributed by atoms with E-state index in [2.05, 4.69) is 46.9 Å². The van der Waals surface area contributed by atoms with Gasteiger partial charge < -0.3 is 10.2 Å². The van der Waals surface area contributed by atoms with Gasteiger partial charge in [0.2, 0.25) is 0 Å². The number of anilines is 2. The van der Waals surface area contributed by atoms with E-state index >= 15 is 0 Å². The Morgan fingerprint density at radius 3 is 2.55 bits per heavy atom. The Hall–Kier alpha value is -2.30. The van der Waals surface area contributed by atoms with E-state index in [-0.39, 0.29) is 4.75 Å². The summed E-state index contributed by atoms with van der Waals surface area (Å²) in [6, 6.07) is 12.6. The normalized spacial score (nSPS) is 17.6. The molecule has 3 heterocycles. The first-order chi connectivity index (χ1) is 14.9. The number of piperazine rings is 1. The molecule has 1 aromatic heterocycles. The molecule has 0 unspecified atom stereocenters. The first-order valence-corrected chi connectivity index (χ1v) is 12.3. The van der Waals surface area contributed by atoms with E-state index in [1.54, 1.807) is 0 Å². The number of aromatic amines is 1. The van der Waals surface area contributed by atoms with Crippen molar-refractivity contribution in [1.82, 2.24) is 4.90 Å². The van der Waals surface area contributed by atoms with Crippen molar-refractivity contribution in [3.63, 3.8) is 0 Å². The third-order valence-electron chi connectivity index (χ3n) is 6.12. The summed E-state index contributed by atoms with van der Waals surface area (Å²) in [5, 5.41) is 14.2. The largest absolute Gasteiger partial charge is 0.341 e. The molecule has 0 aliphatic carbocycles. The number of hydrogen-bond donors (Lipinski definition) is 1. The average Bonchev–Trinajstić information content (AvgIpc) is 2.78. The van der Waals surface area contributed by atoms with Gasteiger partial charge in [-0.15, -0.1) is 0 Å². The Morgan fingerprint density at radius 2 is 1.90 bits per heavy atom. The summed E-state index contributed by atoms with van der Waals surface area (Å²) in [4.78, 5) is 8.19. The molecule has 2 aliphatic heterocycles. The molecule has 162 valence electrons. The Balaban J connectivity index is 1.53. The van der Waals surface area contributed by atoms with Crippen LogP contribution in [-0.2, 0) is 18.6 Å². The van der Waals surface area contributed by atoms with E-state index in [9.17, 15) is 5.26 Å². The van der Waals surface area contributed by atoms with E-state index in [1.807, 2.05) is 42.1 Å². The summed E-state index contributed by atoms with van der Waals surface area (Å²) in [6.45, 7) is 10.1. The molecule has 0 amide bonds. The highest BCUT2D eigenvalue weighted by Crippen LogP contribution is 2.41. The number of thioether (sulfide) groups is 1. The van der Waals surface area contributed by atoms with Gasteiger partial charge in [0.05, 0.1) is 13.1 Å². The third kappa shape index (κ3) is 4.65. The van der Waals surface area contributed by atoms with Crippen molar-refractivity contribution in [1.29, 1.82) is 5.26 Å². The lowest BCUT2D eigenvalue weighted by molar-refractivity contribution is -0.377. The molecule has 0 radical (unpaired) electrons. The number of nitriles is 1. The smallest absolute Gasteiger partial charge is 0.293 e. The predicted molar refractivity (Wildman–Crippen MR) is 133 cm³/mol. The molecule has 2 aromatic rings. The monoisotopic (exact) mass is 452 g/mol. The summed E-state index contributed by atoms with van der Waals surface area (Å²) >= 11 is 7.62. The lowest BCUT2D eigenvalue weighted by atomic mass is 9.91. The standard InChI is InChI=1S/C24H29N5S2/c1-4-21-20-16-31-24(2,3)14-18(20)19(15-25)22(27-21)28-10-12-29(13-11-28)23(30)26-17-8-6-5-7-9-17/h5-9H,4,10-14,16H2,1-3H3,(H,26,30)/p+1. The first kappa shape index (κ1) is 21.9. The van der Waals surface area contributed by atoms with Crippen molar-refractivity contribution < 1.29 is 4.98 Å². The van der Waals surface area contributed by atoms with Gasteiger partial charge in [-0.2, -0.15) is 17.0 Å². The number of nitrogens with zero attached hydrogens (tertiary/aromatic N) is 3. The predicted octanol–water partition coefficient (Wildman–Crippen LogP) is 4.02. The van der Waals surface area contributed by atoms with E-state index in [1.165, 1.54) is 16.8 Å². The fourth-order valence-electron chi connectivity index (χ4n) is 4.39. The molecular weight excluding hydrogens is 422 g/mol. The first-order valence-electron chi connectivity index (χ1n) is 10.9. The van der Waals surface area contributed by atoms with Crippen LogP contribution in [0.4, 0.5) is 11.5 Å². The fraction of sp³-hybridized carbons (Fsp3) is 0.458. The van der Waals surface area contributed by atoms with Gasteiger partial charge in [0.25, 0.3) is 5.82 Å². The van der Waals surface area contributed by atoms with Gasteiger partial charge in [-0.1, -0.05) is 39.0 Å². The van der Waals surface area contributed by atoms with Crippen LogP contribution in [0.15, 0.2) is 30.3 Å². The lowest BCUT2D eigenvalue weighted by Gasteiger charge is -2.35. The minimum absolute atomic E-state index is 0.163. The molecule has 1 aromatic carbocycles. The maximum Gasteiger partial charge on any atom is 0.293 e. The highest BCUT2D eigenvalue weighted by Gasteiger charge is 2.36. The third-order valence-corrected chi connectivity index (χ3v) is 7.84. The number of fused-ring (bicyclic) bond motifs is 1. The van der Waals surface area contributed by atoms with Crippen molar-refractivity contribution >= 4 is 40.6 Å². The Bertz CT molecular complexity index is 1000. The van der Waals surface area contributed by atoms with Crippen LogP contribution in [0.25, 0.3) is 0 Å². The van der Waals surface area contributed by atoms with Crippen LogP contribution >= 0.6 is 24.0 Å². The van der Waals surface area contributed by atoms with E-state index in [4.69, 9.17) is 12.2 Å². The summed E-state index contributed by atoms with van der Waals surface area (Å²) in [7, 11) is 0. The van der Waals surface area contributed by atoms with Gasteiger partial charge in [0.15, 0.2) is 5.11 Å². The van der Waals surface area contributed by atoms with Crippen LogP contribution in [0.5, 0.6) is 0 Å². The number of rotatable bonds is 3. The number of thiocarbonyl (C=S) groups is 1. The number of para-hydroxylation sites is 1. The minimum Gasteiger partial charge on any atom is -0.341 e. The molecule has 2 aliphatic rings. The van der Waals surface area contributed by atoms with Crippen molar-refractivity contribution in [3.8, 4) is 6.07 Å². The number of aryl methyl sites for hydroxylation is 1. The quantitative estimate of drug-likeness (QED) is 0.710. The Kier molecular flexibility index (Phi) is 6.40. The van der Waals surface area contributed by atoms with Crippen LogP contribution in [0.3, 0.4) is 0 Å². The van der Waals surface area contributed by atoms with Gasteiger partial charge in [0.1, 0.15) is 30.4 Å². The molecule has 1 fully saturated rings. The zero-order chi connectivity index (χ0) is 22.0. The zero-order valence-corrected chi connectivity index (χ0v) is 20.1. The van der Waals surface area contributed by atoms with E-state index in [0.29, 0.717) is 0 Å². The molecule has 1 saturated heterocycles. The molecule has 0 spiro atoms. The highest BCUT2D eigenvalue weighted by molar-refractivity contribution is 7.99. The summed E-state index contributed by atoms with van der Waals surface area (Å²) in [6.07, 6.45) is 1.89. The van der Waals surface area contributed by atoms with Crippen LogP contribution in [0, 0.1) is 11.3 Å². The molecule has 0 bridgehead atoms. The minimum atomic E-state index is 0.163. The maximum atomic E-state index is 10.1. The highest BCUT2D eigenvalue weighted by atomic mass is 32.2. The van der Waals surface area contributed by atoms with Crippen LogP contribution in [-0.4, -0.2) is 40.9 Å². The SMILES string of the molecule is CCc1[nH+]c(N2CCN(C(=S)Nc3ccccc3)CC2)c(C#N)c2c1CSC(C)(C)C2. The summed E-state index contributed by atoms with van der Waals surface area (Å²) in [5.41, 5.74) is 5.71. The Labute approximate surface area is 194 Å². The summed E-state index contributed by atoms with van der Waals surface area (Å²) in [5.74, 6) is 1.96. The number of benzene rings is 1. The fourth-order valence-corrected chi connectivity index (χ4v) is 5.82. The number of nitrogens with one attached hydrogen (secondary N) is 2. The second-order valence-corrected chi connectivity index (χ2v) is 10.8. The number of hydrogen-bond acceptors (Lipinski definition) is 4. The van der Waals surface area contributed by atoms with E-state index < -0.39 is 0 Å². The van der Waals surface area contributed by atoms with Gasteiger partial charge >= 0.3 is 0 Å².